The quantitative estimate of drug-likeness (QED) is 0.154. The molecular formula is C33H48BrClN2O2S. The number of ether oxygens (including phenoxy) is 1. The van der Waals surface area contributed by atoms with Crippen molar-refractivity contribution in [3.63, 3.8) is 0 Å². The van der Waals surface area contributed by atoms with E-state index < -0.39 is 0 Å². The van der Waals surface area contributed by atoms with Gasteiger partial charge in [0.05, 0.1) is 18.9 Å². The Balaban J connectivity index is 0.00000560. The second-order valence-electron chi connectivity index (χ2n) is 10.7. The molecule has 1 amide bonds. The number of carbonyl (C=O) groups excluding carboxylic acids is 1. The van der Waals surface area contributed by atoms with E-state index in [9.17, 15) is 4.79 Å². The van der Waals surface area contributed by atoms with Gasteiger partial charge < -0.3 is 15.0 Å². The van der Waals surface area contributed by atoms with Crippen LogP contribution in [-0.2, 0) is 17.8 Å². The minimum atomic E-state index is -0.0771. The summed E-state index contributed by atoms with van der Waals surface area (Å²) in [6, 6.07) is 13.7. The Kier molecular flexibility index (Phi) is 17.5. The first-order valence-corrected chi connectivity index (χ1v) is 16.2. The van der Waals surface area contributed by atoms with Crippen LogP contribution in [0.25, 0.3) is 0 Å². The van der Waals surface area contributed by atoms with E-state index in [-0.39, 0.29) is 29.3 Å². The van der Waals surface area contributed by atoms with Crippen molar-refractivity contribution >= 4 is 51.9 Å². The van der Waals surface area contributed by atoms with Crippen molar-refractivity contribution in [2.75, 3.05) is 17.8 Å². The first-order chi connectivity index (χ1) is 19.0. The lowest BCUT2D eigenvalue weighted by Gasteiger charge is -2.15. The molecule has 0 radical (unpaired) electrons. The van der Waals surface area contributed by atoms with Crippen LogP contribution < -0.4 is 10.1 Å². The molecule has 0 saturated heterocycles. The maximum absolute atomic E-state index is 12.7. The molecule has 3 rings (SSSR count). The third-order valence-electron chi connectivity index (χ3n) is 7.06. The van der Waals surface area contributed by atoms with E-state index >= 15 is 0 Å². The lowest BCUT2D eigenvalue weighted by molar-refractivity contribution is -0.115. The van der Waals surface area contributed by atoms with E-state index in [0.717, 1.165) is 35.8 Å². The molecule has 0 unspecified atom stereocenters. The molecule has 0 spiro atoms. The zero-order chi connectivity index (χ0) is 27.7. The fourth-order valence-corrected chi connectivity index (χ4v) is 5.86. The molecule has 2 aromatic carbocycles. The molecule has 1 heterocycles. The summed E-state index contributed by atoms with van der Waals surface area (Å²) in [4.78, 5) is 16.3. The second kappa shape index (κ2) is 20.3. The average Bonchev–Trinajstić information content (AvgIpc) is 3.32. The minimum absolute atomic E-state index is 0. The average molecular weight is 652 g/mol. The Morgan fingerprint density at radius 1 is 0.950 bits per heavy atom. The molecule has 1 N–H and O–H groups in total. The van der Waals surface area contributed by atoms with E-state index in [4.69, 9.17) is 16.3 Å². The number of rotatable bonds is 19. The number of nitrogens with one attached hydrogen (secondary N) is 1. The molecule has 0 saturated carbocycles. The van der Waals surface area contributed by atoms with Crippen LogP contribution >= 0.6 is 40.3 Å². The number of halogens is 2. The third-order valence-corrected chi connectivity index (χ3v) is 8.43. The molecule has 7 heteroatoms. The smallest absolute Gasteiger partial charge is 0.228 e. The van der Waals surface area contributed by atoms with Gasteiger partial charge in [-0.25, -0.2) is 0 Å². The van der Waals surface area contributed by atoms with E-state index in [1.54, 1.807) is 0 Å². The number of benzene rings is 2. The fraction of sp³-hybridized carbons (Fsp3) is 0.545. The van der Waals surface area contributed by atoms with Gasteiger partial charge in [0, 0.05) is 23.5 Å². The third kappa shape index (κ3) is 13.8. The van der Waals surface area contributed by atoms with Crippen LogP contribution in [0.15, 0.2) is 53.6 Å². The van der Waals surface area contributed by atoms with Crippen LogP contribution in [0.3, 0.4) is 0 Å². The highest BCUT2D eigenvalue weighted by Gasteiger charge is 2.12. The van der Waals surface area contributed by atoms with E-state index in [1.807, 2.05) is 48.2 Å². The highest BCUT2D eigenvalue weighted by atomic mass is 79.9. The fourth-order valence-electron chi connectivity index (χ4n) is 4.86. The molecule has 1 aliphatic rings. The number of hydrogen-bond acceptors (Lipinski definition) is 4. The van der Waals surface area contributed by atoms with Gasteiger partial charge >= 0.3 is 0 Å². The number of hydrogen-bond donors (Lipinski definition) is 1. The van der Waals surface area contributed by atoms with Gasteiger partial charge in [-0.2, -0.15) is 0 Å². The predicted molar refractivity (Wildman–Crippen MR) is 179 cm³/mol. The molecule has 0 bridgehead atoms. The summed E-state index contributed by atoms with van der Waals surface area (Å²) in [5, 5.41) is 3.59. The number of amides is 1. The number of thioether (sulfide) groups is 1. The largest absolute Gasteiger partial charge is 0.494 e. The van der Waals surface area contributed by atoms with Crippen LogP contribution in [0.1, 0.15) is 102 Å². The van der Waals surface area contributed by atoms with Crippen molar-refractivity contribution in [3.8, 4) is 5.75 Å². The SMILES string of the molecule is Br.CCCCCCCCCCCCCCOc1ccc(CC(=O)Nc2cccc(CN3C=C(C)SC3)c2)c(Cl)c1. The Hall–Kier alpha value is -1.63. The van der Waals surface area contributed by atoms with E-state index in [0.29, 0.717) is 11.6 Å². The molecule has 40 heavy (non-hydrogen) atoms. The van der Waals surface area contributed by atoms with E-state index in [1.165, 1.54) is 81.1 Å². The molecule has 2 aromatic rings. The Bertz CT molecular complexity index is 1050. The summed E-state index contributed by atoms with van der Waals surface area (Å²) in [5.74, 6) is 1.66. The van der Waals surface area contributed by atoms with Gasteiger partial charge in [-0.1, -0.05) is 107 Å². The normalized spacial score (nSPS) is 12.7. The van der Waals surface area contributed by atoms with Crippen LogP contribution in [0.4, 0.5) is 5.69 Å². The predicted octanol–water partition coefficient (Wildman–Crippen LogP) is 10.5. The van der Waals surface area contributed by atoms with Gasteiger partial charge in [0.15, 0.2) is 0 Å². The monoisotopic (exact) mass is 650 g/mol. The van der Waals surface area contributed by atoms with Crippen molar-refractivity contribution in [2.24, 2.45) is 0 Å². The maximum atomic E-state index is 12.7. The second-order valence-corrected chi connectivity index (χ2v) is 12.3. The van der Waals surface area contributed by atoms with Gasteiger partial charge in [0.25, 0.3) is 0 Å². The van der Waals surface area contributed by atoms with Crippen molar-refractivity contribution in [1.29, 1.82) is 0 Å². The first kappa shape index (κ1) is 34.6. The van der Waals surface area contributed by atoms with Gasteiger partial charge in [0.2, 0.25) is 5.91 Å². The summed E-state index contributed by atoms with van der Waals surface area (Å²) < 4.78 is 5.91. The number of allylic oxidation sites excluding steroid dienone is 1. The van der Waals surface area contributed by atoms with Crippen molar-refractivity contribution in [2.45, 2.75) is 104 Å². The highest BCUT2D eigenvalue weighted by Crippen LogP contribution is 2.27. The van der Waals surface area contributed by atoms with Gasteiger partial charge in [0.1, 0.15) is 5.75 Å². The minimum Gasteiger partial charge on any atom is -0.494 e. The zero-order valence-corrected chi connectivity index (χ0v) is 27.7. The highest BCUT2D eigenvalue weighted by molar-refractivity contribution is 8.93. The molecule has 222 valence electrons. The van der Waals surface area contributed by atoms with Crippen LogP contribution in [0.2, 0.25) is 5.02 Å². The summed E-state index contributed by atoms with van der Waals surface area (Å²) in [6.45, 7) is 5.94. The summed E-state index contributed by atoms with van der Waals surface area (Å²) in [7, 11) is 0. The summed E-state index contributed by atoms with van der Waals surface area (Å²) in [6.07, 6.45) is 18.4. The van der Waals surface area contributed by atoms with Crippen molar-refractivity contribution in [3.05, 3.63) is 69.7 Å². The summed E-state index contributed by atoms with van der Waals surface area (Å²) in [5.41, 5.74) is 2.79. The van der Waals surface area contributed by atoms with Crippen molar-refractivity contribution < 1.29 is 9.53 Å². The maximum Gasteiger partial charge on any atom is 0.228 e. The van der Waals surface area contributed by atoms with Gasteiger partial charge in [-0.3, -0.25) is 4.79 Å². The molecule has 1 aliphatic heterocycles. The number of carbonyl (C=O) groups is 1. The molecule has 0 atom stereocenters. The van der Waals surface area contributed by atoms with Gasteiger partial charge in [-0.15, -0.1) is 28.7 Å². The molecule has 4 nitrogen and oxygen atoms in total. The Morgan fingerprint density at radius 3 is 2.25 bits per heavy atom. The topological polar surface area (TPSA) is 41.6 Å². The standard InChI is InChI=1S/C33H47ClN2O2S.BrH/c1-3-4-5-6-7-8-9-10-11-12-13-14-20-38-31-19-18-29(32(34)23-31)22-33(37)35-30-17-15-16-28(21-30)25-36-24-27(2)39-26-36;/h15-19,21,23-24H,3-14,20,22,25-26H2,1-2H3,(H,35,37);1H. The molecular weight excluding hydrogens is 604 g/mol. The Morgan fingerprint density at radius 2 is 1.62 bits per heavy atom. The number of nitrogens with zero attached hydrogens (tertiary/aromatic N) is 1. The van der Waals surface area contributed by atoms with Crippen molar-refractivity contribution in [1.82, 2.24) is 4.90 Å². The van der Waals surface area contributed by atoms with Gasteiger partial charge in [-0.05, 0) is 53.6 Å². The van der Waals surface area contributed by atoms with Crippen LogP contribution in [0, 0.1) is 0 Å². The Labute approximate surface area is 262 Å². The van der Waals surface area contributed by atoms with E-state index in [2.05, 4.69) is 36.3 Å². The molecule has 0 aliphatic carbocycles. The van der Waals surface area contributed by atoms with Crippen LogP contribution in [0.5, 0.6) is 5.75 Å². The lowest BCUT2D eigenvalue weighted by Crippen LogP contribution is -2.16. The zero-order valence-electron chi connectivity index (χ0n) is 24.4. The lowest BCUT2D eigenvalue weighted by atomic mass is 10.1. The molecule has 0 fully saturated rings. The molecule has 0 aromatic heterocycles. The number of anilines is 1. The summed E-state index contributed by atoms with van der Waals surface area (Å²) >= 11 is 8.34. The number of unbranched alkanes of at least 4 members (excludes halogenated alkanes) is 11. The first-order valence-electron chi connectivity index (χ1n) is 14.9. The van der Waals surface area contributed by atoms with Crippen LogP contribution in [-0.4, -0.2) is 23.3 Å².